The minimum Gasteiger partial charge on any atom is -0.478 e. The number of carboxylic acid groups (broad SMARTS) is 1. The van der Waals surface area contributed by atoms with Crippen molar-refractivity contribution in [1.29, 1.82) is 0 Å². The number of aryl methyl sites for hydroxylation is 1. The highest BCUT2D eigenvalue weighted by atomic mass is 35.5. The SMILES string of the molecule is CCCc1nc2c(Cl)cc(C(=O)O)cc2n1Cc1ccc(-c2ccccc2-c2nn[nH]n2)cc1. The third-order valence-electron chi connectivity index (χ3n) is 5.73. The quantitative estimate of drug-likeness (QED) is 0.335. The number of carboxylic acids is 1. The molecule has 34 heavy (non-hydrogen) atoms. The van der Waals surface area contributed by atoms with Gasteiger partial charge in [0.05, 0.1) is 16.1 Å². The molecule has 9 heteroatoms. The number of nitrogens with one attached hydrogen (secondary N) is 1. The summed E-state index contributed by atoms with van der Waals surface area (Å²) < 4.78 is 2.05. The lowest BCUT2D eigenvalue weighted by atomic mass is 9.98. The number of imidazole rings is 1. The van der Waals surface area contributed by atoms with Gasteiger partial charge in [-0.2, -0.15) is 5.21 Å². The highest BCUT2D eigenvalue weighted by molar-refractivity contribution is 6.35. The standard InChI is InChI=1S/C25H21ClN6O2/c1-2-5-22-27-23-20(26)12-17(25(33)34)13-21(23)32(22)14-15-8-10-16(11-9-15)18-6-3-4-7-19(18)24-28-30-31-29-24/h3-4,6-13H,2,5,14H2,1H3,(H,33,34)(H,28,29,30,31). The number of aromatic carboxylic acids is 1. The number of tetrazole rings is 1. The van der Waals surface area contributed by atoms with Gasteiger partial charge in [0.2, 0.25) is 5.82 Å². The number of benzene rings is 3. The van der Waals surface area contributed by atoms with Gasteiger partial charge in [0.25, 0.3) is 0 Å². The van der Waals surface area contributed by atoms with Gasteiger partial charge >= 0.3 is 5.97 Å². The summed E-state index contributed by atoms with van der Waals surface area (Å²) in [5, 5.41) is 24.2. The van der Waals surface area contributed by atoms with Crippen molar-refractivity contribution >= 4 is 28.6 Å². The van der Waals surface area contributed by atoms with Crippen LogP contribution in [0.15, 0.2) is 60.7 Å². The molecule has 0 amide bonds. The van der Waals surface area contributed by atoms with Gasteiger partial charge < -0.3 is 9.67 Å². The maximum absolute atomic E-state index is 11.6. The first-order valence-corrected chi connectivity index (χ1v) is 11.3. The van der Waals surface area contributed by atoms with Crippen LogP contribution in [0.4, 0.5) is 0 Å². The molecule has 2 aromatic heterocycles. The summed E-state index contributed by atoms with van der Waals surface area (Å²) in [5.41, 5.74) is 5.49. The van der Waals surface area contributed by atoms with Gasteiger partial charge in [-0.25, -0.2) is 9.78 Å². The molecule has 0 radical (unpaired) electrons. The van der Waals surface area contributed by atoms with Gasteiger partial charge in [-0.05, 0) is 40.5 Å². The van der Waals surface area contributed by atoms with Crippen molar-refractivity contribution in [3.8, 4) is 22.5 Å². The fraction of sp³-hybridized carbons (Fsp3) is 0.160. The predicted molar refractivity (Wildman–Crippen MR) is 130 cm³/mol. The van der Waals surface area contributed by atoms with E-state index in [0.717, 1.165) is 46.4 Å². The van der Waals surface area contributed by atoms with E-state index >= 15 is 0 Å². The number of aromatic amines is 1. The molecule has 5 rings (SSSR count). The molecule has 5 aromatic rings. The molecule has 0 fully saturated rings. The van der Waals surface area contributed by atoms with E-state index in [4.69, 9.17) is 16.6 Å². The van der Waals surface area contributed by atoms with Crippen molar-refractivity contribution in [1.82, 2.24) is 30.2 Å². The summed E-state index contributed by atoms with van der Waals surface area (Å²) >= 11 is 6.38. The van der Waals surface area contributed by atoms with Crippen LogP contribution in [0.1, 0.15) is 35.1 Å². The molecule has 2 N–H and O–H groups in total. The van der Waals surface area contributed by atoms with Crippen LogP contribution in [-0.2, 0) is 13.0 Å². The summed E-state index contributed by atoms with van der Waals surface area (Å²) in [5.74, 6) is 0.409. The minimum atomic E-state index is -1.02. The van der Waals surface area contributed by atoms with E-state index in [9.17, 15) is 9.90 Å². The third-order valence-corrected chi connectivity index (χ3v) is 6.01. The Labute approximate surface area is 200 Å². The van der Waals surface area contributed by atoms with Gasteiger partial charge in [0.15, 0.2) is 0 Å². The van der Waals surface area contributed by atoms with Crippen LogP contribution in [0, 0.1) is 0 Å². The Morgan fingerprint density at radius 2 is 1.85 bits per heavy atom. The molecule has 0 aliphatic rings. The number of hydrogen-bond donors (Lipinski definition) is 2. The normalized spacial score (nSPS) is 11.2. The van der Waals surface area contributed by atoms with Crippen molar-refractivity contribution in [3.05, 3.63) is 82.6 Å². The molecule has 0 aliphatic heterocycles. The Balaban J connectivity index is 1.52. The first-order valence-electron chi connectivity index (χ1n) is 10.9. The Hall–Kier alpha value is -4.04. The van der Waals surface area contributed by atoms with Crippen LogP contribution < -0.4 is 0 Å². The second-order valence-electron chi connectivity index (χ2n) is 7.97. The highest BCUT2D eigenvalue weighted by Gasteiger charge is 2.17. The number of rotatable bonds is 7. The Kier molecular flexibility index (Phi) is 5.81. The van der Waals surface area contributed by atoms with Crippen LogP contribution in [0.3, 0.4) is 0 Å². The van der Waals surface area contributed by atoms with Gasteiger partial charge in [0.1, 0.15) is 11.3 Å². The van der Waals surface area contributed by atoms with Gasteiger partial charge in [-0.15, -0.1) is 10.2 Å². The maximum atomic E-state index is 11.6. The van der Waals surface area contributed by atoms with E-state index in [1.54, 1.807) is 6.07 Å². The minimum absolute atomic E-state index is 0.148. The summed E-state index contributed by atoms with van der Waals surface area (Å²) in [6.07, 6.45) is 1.68. The molecule has 3 aromatic carbocycles. The molecule has 8 nitrogen and oxygen atoms in total. The lowest BCUT2D eigenvalue weighted by Crippen LogP contribution is -2.06. The number of fused-ring (bicyclic) bond motifs is 1. The lowest BCUT2D eigenvalue weighted by Gasteiger charge is -2.11. The second-order valence-corrected chi connectivity index (χ2v) is 8.38. The number of halogens is 1. The monoisotopic (exact) mass is 472 g/mol. The van der Waals surface area contributed by atoms with E-state index < -0.39 is 5.97 Å². The third kappa shape index (κ3) is 4.04. The molecule has 0 atom stereocenters. The molecule has 170 valence electrons. The molecule has 0 spiro atoms. The smallest absolute Gasteiger partial charge is 0.335 e. The summed E-state index contributed by atoms with van der Waals surface area (Å²) in [6, 6.07) is 19.3. The van der Waals surface area contributed by atoms with E-state index in [0.29, 0.717) is 22.9 Å². The molecular formula is C25H21ClN6O2. The van der Waals surface area contributed by atoms with Crippen molar-refractivity contribution in [2.24, 2.45) is 0 Å². The van der Waals surface area contributed by atoms with Crippen LogP contribution in [0.2, 0.25) is 5.02 Å². The second kappa shape index (κ2) is 9.07. The van der Waals surface area contributed by atoms with Crippen LogP contribution in [0.5, 0.6) is 0 Å². The molecule has 0 saturated heterocycles. The fourth-order valence-corrected chi connectivity index (χ4v) is 4.38. The van der Waals surface area contributed by atoms with Crippen molar-refractivity contribution < 1.29 is 9.90 Å². The topological polar surface area (TPSA) is 110 Å². The van der Waals surface area contributed by atoms with E-state index in [1.165, 1.54) is 6.07 Å². The zero-order valence-electron chi connectivity index (χ0n) is 18.4. The molecule has 0 saturated carbocycles. The predicted octanol–water partition coefficient (Wildman–Crippen LogP) is 5.24. The van der Waals surface area contributed by atoms with E-state index in [2.05, 4.69) is 56.4 Å². The van der Waals surface area contributed by atoms with Gasteiger partial charge in [0, 0.05) is 18.5 Å². The molecular weight excluding hydrogens is 452 g/mol. The maximum Gasteiger partial charge on any atom is 0.335 e. The summed E-state index contributed by atoms with van der Waals surface area (Å²) in [7, 11) is 0. The molecule has 2 heterocycles. The number of hydrogen-bond acceptors (Lipinski definition) is 5. The number of H-pyrrole nitrogens is 1. The zero-order chi connectivity index (χ0) is 23.7. The average molecular weight is 473 g/mol. The molecule has 0 bridgehead atoms. The average Bonchev–Trinajstić information content (AvgIpc) is 3.49. The van der Waals surface area contributed by atoms with Crippen LogP contribution in [-0.4, -0.2) is 41.3 Å². The van der Waals surface area contributed by atoms with Gasteiger partial charge in [-0.3, -0.25) is 0 Å². The highest BCUT2D eigenvalue weighted by Crippen LogP contribution is 2.31. The summed E-state index contributed by atoms with van der Waals surface area (Å²) in [6.45, 7) is 2.64. The largest absolute Gasteiger partial charge is 0.478 e. The van der Waals surface area contributed by atoms with Crippen molar-refractivity contribution in [2.75, 3.05) is 0 Å². The first-order chi connectivity index (χ1) is 16.5. The first kappa shape index (κ1) is 21.8. The lowest BCUT2D eigenvalue weighted by molar-refractivity contribution is 0.0697. The number of nitrogens with zero attached hydrogens (tertiary/aromatic N) is 5. The van der Waals surface area contributed by atoms with E-state index in [1.807, 2.05) is 24.3 Å². The summed E-state index contributed by atoms with van der Waals surface area (Å²) in [4.78, 5) is 16.3. The van der Waals surface area contributed by atoms with Crippen LogP contribution >= 0.6 is 11.6 Å². The molecule has 0 unspecified atom stereocenters. The number of carbonyl (C=O) groups is 1. The van der Waals surface area contributed by atoms with E-state index in [-0.39, 0.29) is 5.56 Å². The van der Waals surface area contributed by atoms with Crippen molar-refractivity contribution in [2.45, 2.75) is 26.3 Å². The zero-order valence-corrected chi connectivity index (χ0v) is 19.1. The Morgan fingerprint density at radius 1 is 1.09 bits per heavy atom. The Bertz CT molecular complexity index is 1480. The van der Waals surface area contributed by atoms with Crippen LogP contribution in [0.25, 0.3) is 33.5 Å². The van der Waals surface area contributed by atoms with Crippen molar-refractivity contribution in [3.63, 3.8) is 0 Å². The Morgan fingerprint density at radius 3 is 2.53 bits per heavy atom. The van der Waals surface area contributed by atoms with Gasteiger partial charge in [-0.1, -0.05) is 67.1 Å². The number of aromatic nitrogens is 6. The molecule has 0 aliphatic carbocycles. The fourth-order valence-electron chi connectivity index (χ4n) is 4.12.